The molecule has 3 heterocycles. The summed E-state index contributed by atoms with van der Waals surface area (Å²) >= 11 is 0. The first-order valence-corrected chi connectivity index (χ1v) is 8.68. The van der Waals surface area contributed by atoms with Gasteiger partial charge in [0.2, 0.25) is 0 Å². The predicted octanol–water partition coefficient (Wildman–Crippen LogP) is 3.51. The van der Waals surface area contributed by atoms with Crippen LogP contribution in [0.1, 0.15) is 6.42 Å². The van der Waals surface area contributed by atoms with Gasteiger partial charge in [-0.25, -0.2) is 4.98 Å². The molecule has 1 unspecified atom stereocenters. The van der Waals surface area contributed by atoms with Gasteiger partial charge in [0.05, 0.1) is 17.4 Å². The minimum Gasteiger partial charge on any atom is -0.355 e. The van der Waals surface area contributed by atoms with Crippen molar-refractivity contribution < 1.29 is 0 Å². The quantitative estimate of drug-likeness (QED) is 0.791. The number of likely N-dealkylation sites (N-methyl/N-ethyl adjacent to an activating group) is 1. The molecule has 3 aromatic rings. The third-order valence-electron chi connectivity index (χ3n) is 4.86. The highest BCUT2D eigenvalue weighted by atomic mass is 15.3. The first-order valence-electron chi connectivity index (χ1n) is 8.68. The molecule has 0 amide bonds. The Morgan fingerprint density at radius 2 is 1.96 bits per heavy atom. The van der Waals surface area contributed by atoms with Crippen LogP contribution < -0.4 is 10.2 Å². The van der Waals surface area contributed by atoms with Gasteiger partial charge < -0.3 is 15.1 Å². The molecule has 0 bridgehead atoms. The molecule has 0 spiro atoms. The molecule has 1 atom stereocenters. The Hall–Kier alpha value is -2.66. The molecule has 1 aromatic carbocycles. The van der Waals surface area contributed by atoms with Gasteiger partial charge in [0.25, 0.3) is 0 Å². The molecular weight excluding hydrogens is 310 g/mol. The van der Waals surface area contributed by atoms with E-state index in [-0.39, 0.29) is 0 Å². The molecule has 5 nitrogen and oxygen atoms in total. The van der Waals surface area contributed by atoms with Gasteiger partial charge in [0.15, 0.2) is 0 Å². The van der Waals surface area contributed by atoms with Crippen LogP contribution in [0.15, 0.2) is 54.9 Å². The second kappa shape index (κ2) is 6.69. The largest absolute Gasteiger partial charge is 0.355 e. The number of fused-ring (bicyclic) bond motifs is 1. The molecule has 1 fully saturated rings. The van der Waals surface area contributed by atoms with Crippen LogP contribution in [-0.4, -0.2) is 48.1 Å². The lowest BCUT2D eigenvalue weighted by atomic mass is 10.2. The molecule has 25 heavy (non-hydrogen) atoms. The fraction of sp³-hybridized carbons (Fsp3) is 0.300. The number of hydrogen-bond acceptors (Lipinski definition) is 5. The molecule has 0 aliphatic carbocycles. The van der Waals surface area contributed by atoms with E-state index in [1.165, 1.54) is 6.42 Å². The van der Waals surface area contributed by atoms with E-state index in [1.54, 1.807) is 0 Å². The van der Waals surface area contributed by atoms with E-state index in [0.29, 0.717) is 6.04 Å². The molecule has 1 saturated heterocycles. The molecule has 0 radical (unpaired) electrons. The molecule has 5 heteroatoms. The van der Waals surface area contributed by atoms with Crippen molar-refractivity contribution in [3.63, 3.8) is 0 Å². The Bertz CT molecular complexity index is 859. The number of pyridine rings is 2. The fourth-order valence-corrected chi connectivity index (χ4v) is 3.34. The van der Waals surface area contributed by atoms with Gasteiger partial charge >= 0.3 is 0 Å². The molecule has 1 N–H and O–H groups in total. The summed E-state index contributed by atoms with van der Waals surface area (Å²) in [5, 5.41) is 4.55. The van der Waals surface area contributed by atoms with Crippen LogP contribution in [0, 0.1) is 0 Å². The Kier molecular flexibility index (Phi) is 4.24. The normalized spacial score (nSPS) is 17.4. The van der Waals surface area contributed by atoms with Crippen molar-refractivity contribution in [3.8, 4) is 0 Å². The highest BCUT2D eigenvalue weighted by Crippen LogP contribution is 2.24. The van der Waals surface area contributed by atoms with Crippen LogP contribution in [0.4, 0.5) is 17.2 Å². The standard InChI is InChI=1S/C20H23N5/c1-24(2)18-9-11-25(14-18)20-8-6-17(13-22-20)23-16-5-7-19-15(12-16)4-3-10-21-19/h3-8,10,12-13,18,23H,9,11,14H2,1-2H3. The van der Waals surface area contributed by atoms with Crippen LogP contribution in [0.2, 0.25) is 0 Å². The summed E-state index contributed by atoms with van der Waals surface area (Å²) in [6.07, 6.45) is 4.92. The average molecular weight is 333 g/mol. The third-order valence-corrected chi connectivity index (χ3v) is 4.86. The number of anilines is 3. The van der Waals surface area contributed by atoms with Gasteiger partial charge in [-0.15, -0.1) is 0 Å². The molecule has 4 rings (SSSR count). The highest BCUT2D eigenvalue weighted by Gasteiger charge is 2.24. The molecule has 1 aliphatic heterocycles. The molecule has 0 saturated carbocycles. The third kappa shape index (κ3) is 3.42. The number of nitrogens with one attached hydrogen (secondary N) is 1. The Balaban J connectivity index is 1.46. The zero-order valence-electron chi connectivity index (χ0n) is 14.7. The summed E-state index contributed by atoms with van der Waals surface area (Å²) < 4.78 is 0. The van der Waals surface area contributed by atoms with Crippen LogP contribution in [0.5, 0.6) is 0 Å². The molecule has 128 valence electrons. The Morgan fingerprint density at radius 1 is 1.08 bits per heavy atom. The fourth-order valence-electron chi connectivity index (χ4n) is 3.34. The van der Waals surface area contributed by atoms with Crippen LogP contribution >= 0.6 is 0 Å². The van der Waals surface area contributed by atoms with Crippen LogP contribution in [0.3, 0.4) is 0 Å². The topological polar surface area (TPSA) is 44.3 Å². The van der Waals surface area contributed by atoms with Crippen molar-refractivity contribution in [3.05, 3.63) is 54.9 Å². The minimum absolute atomic E-state index is 0.616. The lowest BCUT2D eigenvalue weighted by Crippen LogP contribution is -2.31. The van der Waals surface area contributed by atoms with Gasteiger partial charge in [-0.2, -0.15) is 0 Å². The highest BCUT2D eigenvalue weighted by molar-refractivity contribution is 5.83. The van der Waals surface area contributed by atoms with Crippen molar-refractivity contribution in [1.29, 1.82) is 0 Å². The number of rotatable bonds is 4. The van der Waals surface area contributed by atoms with E-state index in [4.69, 9.17) is 0 Å². The second-order valence-electron chi connectivity index (χ2n) is 6.79. The van der Waals surface area contributed by atoms with E-state index in [2.05, 4.69) is 63.4 Å². The smallest absolute Gasteiger partial charge is 0.128 e. The SMILES string of the molecule is CN(C)C1CCN(c2ccc(Nc3ccc4ncccc4c3)cn2)C1. The van der Waals surface area contributed by atoms with E-state index in [0.717, 1.165) is 41.2 Å². The average Bonchev–Trinajstić information content (AvgIpc) is 3.13. The van der Waals surface area contributed by atoms with Crippen LogP contribution in [0.25, 0.3) is 10.9 Å². The number of benzene rings is 1. The first kappa shape index (κ1) is 15.8. The van der Waals surface area contributed by atoms with E-state index < -0.39 is 0 Å². The summed E-state index contributed by atoms with van der Waals surface area (Å²) in [4.78, 5) is 13.7. The number of aromatic nitrogens is 2. The lowest BCUT2D eigenvalue weighted by molar-refractivity contribution is 0.315. The van der Waals surface area contributed by atoms with Crippen molar-refractivity contribution in [2.24, 2.45) is 0 Å². The van der Waals surface area contributed by atoms with Gasteiger partial charge in [-0.05, 0) is 56.9 Å². The van der Waals surface area contributed by atoms with Crippen molar-refractivity contribution in [1.82, 2.24) is 14.9 Å². The van der Waals surface area contributed by atoms with Crippen molar-refractivity contribution in [2.45, 2.75) is 12.5 Å². The zero-order chi connectivity index (χ0) is 17.2. The van der Waals surface area contributed by atoms with Gasteiger partial charge in [0, 0.05) is 36.4 Å². The Labute approximate surface area is 148 Å². The van der Waals surface area contributed by atoms with E-state index in [9.17, 15) is 0 Å². The number of hydrogen-bond donors (Lipinski definition) is 1. The minimum atomic E-state index is 0.616. The van der Waals surface area contributed by atoms with Gasteiger partial charge in [0.1, 0.15) is 5.82 Å². The first-order chi connectivity index (χ1) is 12.2. The van der Waals surface area contributed by atoms with Gasteiger partial charge in [-0.1, -0.05) is 6.07 Å². The summed E-state index contributed by atoms with van der Waals surface area (Å²) in [6, 6.07) is 15.0. The second-order valence-corrected chi connectivity index (χ2v) is 6.79. The summed E-state index contributed by atoms with van der Waals surface area (Å²) in [6.45, 7) is 2.12. The van der Waals surface area contributed by atoms with E-state index in [1.807, 2.05) is 30.6 Å². The van der Waals surface area contributed by atoms with Crippen molar-refractivity contribution in [2.75, 3.05) is 37.4 Å². The van der Waals surface area contributed by atoms with Gasteiger partial charge in [-0.3, -0.25) is 4.98 Å². The monoisotopic (exact) mass is 333 g/mol. The van der Waals surface area contributed by atoms with Crippen LogP contribution in [-0.2, 0) is 0 Å². The molecule has 2 aromatic heterocycles. The van der Waals surface area contributed by atoms with Crippen molar-refractivity contribution >= 4 is 28.1 Å². The maximum atomic E-state index is 4.65. The lowest BCUT2D eigenvalue weighted by Gasteiger charge is -2.21. The number of nitrogens with zero attached hydrogens (tertiary/aromatic N) is 4. The molecular formula is C20H23N5. The maximum Gasteiger partial charge on any atom is 0.128 e. The summed E-state index contributed by atoms with van der Waals surface area (Å²) in [7, 11) is 4.29. The summed E-state index contributed by atoms with van der Waals surface area (Å²) in [5.41, 5.74) is 3.05. The maximum absolute atomic E-state index is 4.65. The Morgan fingerprint density at radius 3 is 2.72 bits per heavy atom. The zero-order valence-corrected chi connectivity index (χ0v) is 14.7. The molecule has 1 aliphatic rings. The van der Waals surface area contributed by atoms with E-state index >= 15 is 0 Å². The summed E-state index contributed by atoms with van der Waals surface area (Å²) in [5.74, 6) is 1.05. The predicted molar refractivity (Wildman–Crippen MR) is 104 cm³/mol.